The van der Waals surface area contributed by atoms with E-state index in [4.69, 9.17) is 0 Å². The van der Waals surface area contributed by atoms with Crippen LogP contribution in [0.15, 0.2) is 255 Å². The molecule has 0 saturated carbocycles. The molecule has 352 valence electrons. The van der Waals surface area contributed by atoms with E-state index in [1.54, 1.807) is 0 Å². The van der Waals surface area contributed by atoms with E-state index < -0.39 is 0 Å². The van der Waals surface area contributed by atoms with Crippen molar-refractivity contribution in [3.8, 4) is 44.5 Å². The van der Waals surface area contributed by atoms with Crippen LogP contribution >= 0.6 is 0 Å². The van der Waals surface area contributed by atoms with Gasteiger partial charge in [-0.15, -0.1) is 0 Å². The van der Waals surface area contributed by atoms with E-state index in [2.05, 4.69) is 292 Å². The second kappa shape index (κ2) is 16.8. The predicted molar refractivity (Wildman–Crippen MR) is 314 cm³/mol. The van der Waals surface area contributed by atoms with Crippen LogP contribution in [-0.2, 0) is 10.8 Å². The summed E-state index contributed by atoms with van der Waals surface area (Å²) < 4.78 is 0. The van der Waals surface area contributed by atoms with Crippen LogP contribution in [0.1, 0.15) is 49.9 Å². The molecule has 0 bridgehead atoms. The second-order valence-corrected chi connectivity index (χ2v) is 21.2. The van der Waals surface area contributed by atoms with E-state index in [1.165, 1.54) is 122 Å². The summed E-state index contributed by atoms with van der Waals surface area (Å²) in [6, 6.07) is 94.9. The minimum atomic E-state index is -0.323. The summed E-state index contributed by atoms with van der Waals surface area (Å²) in [7, 11) is 0. The molecule has 2 aliphatic heterocycles. The molecule has 0 aromatic heterocycles. The Balaban J connectivity index is 1.11. The van der Waals surface area contributed by atoms with Gasteiger partial charge in [0.1, 0.15) is 0 Å². The largest absolute Gasteiger partial charge is 0.310 e. The van der Waals surface area contributed by atoms with Crippen LogP contribution < -0.4 is 9.80 Å². The molecule has 12 aromatic rings. The zero-order valence-corrected chi connectivity index (χ0v) is 42.1. The van der Waals surface area contributed by atoms with Crippen molar-refractivity contribution in [3.05, 3.63) is 277 Å². The van der Waals surface area contributed by atoms with Gasteiger partial charge in [0, 0.05) is 22.2 Å². The molecule has 0 unspecified atom stereocenters. The highest BCUT2D eigenvalue weighted by atomic mass is 15.2. The summed E-state index contributed by atoms with van der Waals surface area (Å²) in [5.74, 6) is 0. The summed E-state index contributed by atoms with van der Waals surface area (Å²) in [5, 5.41) is 7.37. The van der Waals surface area contributed by atoms with E-state index in [0.29, 0.717) is 0 Å². The summed E-state index contributed by atoms with van der Waals surface area (Å²) in [6.07, 6.45) is 0. The lowest BCUT2D eigenvalue weighted by molar-refractivity contribution is 0.633. The van der Waals surface area contributed by atoms with Gasteiger partial charge in [0.15, 0.2) is 0 Å². The maximum Gasteiger partial charge on any atom is 0.0508 e. The van der Waals surface area contributed by atoms with Gasteiger partial charge < -0.3 is 9.80 Å². The van der Waals surface area contributed by atoms with E-state index in [1.807, 2.05) is 0 Å². The first-order valence-electron chi connectivity index (χ1n) is 26.0. The summed E-state index contributed by atoms with van der Waals surface area (Å²) in [6.45, 7) is 9.66. The third-order valence-electron chi connectivity index (χ3n) is 16.3. The Morgan fingerprint density at radius 2 is 0.676 bits per heavy atom. The molecule has 2 aliphatic rings. The fourth-order valence-corrected chi connectivity index (χ4v) is 13.1. The van der Waals surface area contributed by atoms with Gasteiger partial charge >= 0.3 is 0 Å². The smallest absolute Gasteiger partial charge is 0.0508 e. The summed E-state index contributed by atoms with van der Waals surface area (Å²) in [4.78, 5) is 4.95. The van der Waals surface area contributed by atoms with Gasteiger partial charge in [0.05, 0.1) is 22.7 Å². The monoisotopic (exact) mass is 946 g/mol. The number of hydrogen-bond donors (Lipinski definition) is 0. The highest BCUT2D eigenvalue weighted by molar-refractivity contribution is 6.22. The Labute approximate surface area is 434 Å². The first-order chi connectivity index (χ1) is 36.3. The van der Waals surface area contributed by atoms with Gasteiger partial charge in [-0.2, -0.15) is 0 Å². The van der Waals surface area contributed by atoms with Crippen LogP contribution in [-0.4, -0.2) is 0 Å². The van der Waals surface area contributed by atoms with Gasteiger partial charge in [0.25, 0.3) is 0 Å². The number of para-hydroxylation sites is 4. The van der Waals surface area contributed by atoms with Gasteiger partial charge in [0.2, 0.25) is 0 Å². The standard InChI is InChI=1S/C72H54N2/c1-71(2)62-38-16-18-40-64(62)73(50-27-10-6-11-28-50)66-42-22-36-57(69(66)71)53-32-20-34-55-59(53)46-60-54(33-21-35-56(60)68(55)61-45-49(47-24-8-5-9-25-47)44-48-26-14-15-31-52(48)61)58-37-23-43-67-70(58)72(3,4)63-39-17-19-41-65(63)74(67)51-29-12-7-13-30-51/h5-46H,1-4H3. The number of benzene rings is 12. The van der Waals surface area contributed by atoms with Crippen LogP contribution in [0.3, 0.4) is 0 Å². The van der Waals surface area contributed by atoms with Crippen LogP contribution in [0.2, 0.25) is 0 Å². The highest BCUT2D eigenvalue weighted by Gasteiger charge is 2.41. The first-order valence-corrected chi connectivity index (χ1v) is 26.0. The SMILES string of the molecule is CC1(C)c2ccccc2N(c2ccccc2)c2cccc(-c3cccc4c(-c5cc(-c6ccccc6)cc6ccccc56)c5cccc(-c6cccc7c6C(C)(C)c6ccccc6N7c6ccccc6)c5cc34)c21. The van der Waals surface area contributed by atoms with Gasteiger partial charge in [-0.05, 0) is 166 Å². The average molecular weight is 947 g/mol. The van der Waals surface area contributed by atoms with Gasteiger partial charge in [-0.3, -0.25) is 0 Å². The average Bonchev–Trinajstić information content (AvgIpc) is 3.52. The van der Waals surface area contributed by atoms with Crippen molar-refractivity contribution in [1.82, 2.24) is 0 Å². The Morgan fingerprint density at radius 3 is 1.20 bits per heavy atom. The summed E-state index contributed by atoms with van der Waals surface area (Å²) >= 11 is 0. The maximum absolute atomic E-state index is 2.54. The molecule has 2 nitrogen and oxygen atoms in total. The Bertz CT molecular complexity index is 3980. The zero-order valence-electron chi connectivity index (χ0n) is 42.1. The van der Waals surface area contributed by atoms with Crippen molar-refractivity contribution in [2.45, 2.75) is 38.5 Å². The quantitative estimate of drug-likeness (QED) is 0.153. The lowest BCUT2D eigenvalue weighted by atomic mass is 9.70. The second-order valence-electron chi connectivity index (χ2n) is 21.2. The fraction of sp³-hybridized carbons (Fsp3) is 0.0833. The maximum atomic E-state index is 2.54. The molecular formula is C72H54N2. The lowest BCUT2D eigenvalue weighted by Gasteiger charge is -2.43. The molecule has 0 atom stereocenters. The third kappa shape index (κ3) is 6.57. The van der Waals surface area contributed by atoms with Crippen LogP contribution in [0.4, 0.5) is 34.1 Å². The number of hydrogen-bond acceptors (Lipinski definition) is 2. The Morgan fingerprint density at radius 1 is 0.270 bits per heavy atom. The lowest BCUT2D eigenvalue weighted by Crippen LogP contribution is -2.31. The van der Waals surface area contributed by atoms with Crippen molar-refractivity contribution in [2.75, 3.05) is 9.80 Å². The van der Waals surface area contributed by atoms with E-state index in [0.717, 1.165) is 11.4 Å². The zero-order chi connectivity index (χ0) is 49.7. The number of nitrogens with zero attached hydrogens (tertiary/aromatic N) is 2. The van der Waals surface area contributed by atoms with Crippen molar-refractivity contribution in [2.24, 2.45) is 0 Å². The predicted octanol–water partition coefficient (Wildman–Crippen LogP) is 20.0. The Kier molecular flexibility index (Phi) is 9.94. The van der Waals surface area contributed by atoms with Crippen LogP contribution in [0.5, 0.6) is 0 Å². The first kappa shape index (κ1) is 43.8. The minimum Gasteiger partial charge on any atom is -0.310 e. The fourth-order valence-electron chi connectivity index (χ4n) is 13.1. The van der Waals surface area contributed by atoms with Gasteiger partial charge in [-0.25, -0.2) is 0 Å². The van der Waals surface area contributed by atoms with Crippen molar-refractivity contribution >= 4 is 66.4 Å². The molecule has 0 N–H and O–H groups in total. The normalized spacial score (nSPS) is 14.1. The highest BCUT2D eigenvalue weighted by Crippen LogP contribution is 2.58. The molecule has 0 amide bonds. The minimum absolute atomic E-state index is 0.323. The molecule has 14 rings (SSSR count). The van der Waals surface area contributed by atoms with Gasteiger partial charge in [-0.1, -0.05) is 216 Å². The van der Waals surface area contributed by atoms with Crippen LogP contribution in [0.25, 0.3) is 76.8 Å². The summed E-state index contributed by atoms with van der Waals surface area (Å²) in [5.41, 5.74) is 21.6. The van der Waals surface area contributed by atoms with E-state index >= 15 is 0 Å². The molecule has 0 saturated heterocycles. The molecule has 0 aliphatic carbocycles. The van der Waals surface area contributed by atoms with Crippen molar-refractivity contribution in [1.29, 1.82) is 0 Å². The number of rotatable bonds is 6. The molecule has 2 heterocycles. The number of anilines is 6. The molecule has 2 heteroatoms. The molecular weight excluding hydrogens is 893 g/mol. The Hall–Kier alpha value is -8.98. The van der Waals surface area contributed by atoms with Crippen LogP contribution in [0, 0.1) is 0 Å². The van der Waals surface area contributed by atoms with E-state index in [9.17, 15) is 0 Å². The van der Waals surface area contributed by atoms with Crippen molar-refractivity contribution in [3.63, 3.8) is 0 Å². The molecule has 0 radical (unpaired) electrons. The molecule has 12 aromatic carbocycles. The molecule has 0 fully saturated rings. The topological polar surface area (TPSA) is 6.48 Å². The van der Waals surface area contributed by atoms with Crippen molar-refractivity contribution < 1.29 is 0 Å². The third-order valence-corrected chi connectivity index (χ3v) is 16.3. The molecule has 74 heavy (non-hydrogen) atoms. The number of fused-ring (bicyclic) bond motifs is 7. The molecule has 0 spiro atoms. The van der Waals surface area contributed by atoms with E-state index in [-0.39, 0.29) is 10.8 Å².